The van der Waals surface area contributed by atoms with E-state index in [1.807, 2.05) is 6.92 Å². The number of hydrogen-bond donors (Lipinski definition) is 1. The summed E-state index contributed by atoms with van der Waals surface area (Å²) in [5.74, 6) is 2.09. The molecule has 1 N–H and O–H groups in total. The molecule has 1 aliphatic carbocycles. The predicted octanol–water partition coefficient (Wildman–Crippen LogP) is 2.62. The second-order valence-electron chi connectivity index (χ2n) is 5.60. The maximum Gasteiger partial charge on any atom is 0.150 e. The molecule has 0 bridgehead atoms. The van der Waals surface area contributed by atoms with Crippen LogP contribution in [0, 0.1) is 11.8 Å². The van der Waals surface area contributed by atoms with Crippen molar-refractivity contribution in [2.45, 2.75) is 52.4 Å². The van der Waals surface area contributed by atoms with E-state index in [0.717, 1.165) is 25.9 Å². The molecule has 2 unspecified atom stereocenters. The molecule has 0 aromatic carbocycles. The molecule has 0 amide bonds. The summed E-state index contributed by atoms with van der Waals surface area (Å²) in [6, 6.07) is 0. The highest BCUT2D eigenvalue weighted by Crippen LogP contribution is 2.34. The van der Waals surface area contributed by atoms with E-state index in [1.165, 1.54) is 25.7 Å². The summed E-state index contributed by atoms with van der Waals surface area (Å²) in [5, 5.41) is 3.48. The van der Waals surface area contributed by atoms with Gasteiger partial charge in [0.15, 0.2) is 0 Å². The van der Waals surface area contributed by atoms with E-state index in [-0.39, 0.29) is 0 Å². The summed E-state index contributed by atoms with van der Waals surface area (Å²) >= 11 is 0. The van der Waals surface area contributed by atoms with Crippen LogP contribution in [0.15, 0.2) is 0 Å². The van der Waals surface area contributed by atoms with Gasteiger partial charge in [-0.3, -0.25) is 0 Å². The third-order valence-corrected chi connectivity index (χ3v) is 5.85. The highest BCUT2D eigenvalue weighted by atomic mass is 32.2. The molecule has 4 heteroatoms. The molecule has 0 aliphatic heterocycles. The Morgan fingerprint density at radius 2 is 1.78 bits per heavy atom. The van der Waals surface area contributed by atoms with Gasteiger partial charge in [0.25, 0.3) is 0 Å². The van der Waals surface area contributed by atoms with Crippen LogP contribution in [0.3, 0.4) is 0 Å². The standard InChI is InChI=1S/C14H29NO2S/c1-3-9-15-12-14-7-5-6-13(14)8-11-18(16,17)10-4-2/h13-15H,3-12H2,1-2H3. The Bertz CT molecular complexity index is 314. The Kier molecular flexibility index (Phi) is 7.23. The summed E-state index contributed by atoms with van der Waals surface area (Å²) < 4.78 is 23.5. The second-order valence-corrected chi connectivity index (χ2v) is 7.90. The van der Waals surface area contributed by atoms with Crippen molar-refractivity contribution in [1.82, 2.24) is 5.32 Å². The molecule has 108 valence electrons. The minimum Gasteiger partial charge on any atom is -0.316 e. The molecule has 1 rings (SSSR count). The minimum absolute atomic E-state index is 0.360. The maximum absolute atomic E-state index is 11.7. The van der Waals surface area contributed by atoms with Crippen molar-refractivity contribution in [2.75, 3.05) is 24.6 Å². The summed E-state index contributed by atoms with van der Waals surface area (Å²) in [6.45, 7) is 6.27. The molecule has 18 heavy (non-hydrogen) atoms. The van der Waals surface area contributed by atoms with Gasteiger partial charge in [0.1, 0.15) is 9.84 Å². The third kappa shape index (κ3) is 5.70. The van der Waals surface area contributed by atoms with Gasteiger partial charge in [-0.2, -0.15) is 0 Å². The molecule has 1 saturated carbocycles. The average Bonchev–Trinajstić information content (AvgIpc) is 2.75. The van der Waals surface area contributed by atoms with Crippen LogP contribution in [0.1, 0.15) is 52.4 Å². The van der Waals surface area contributed by atoms with E-state index >= 15 is 0 Å². The minimum atomic E-state index is -2.79. The zero-order chi connectivity index (χ0) is 13.4. The molecule has 3 nitrogen and oxygen atoms in total. The van der Waals surface area contributed by atoms with Crippen LogP contribution in [0.4, 0.5) is 0 Å². The summed E-state index contributed by atoms with van der Waals surface area (Å²) in [7, 11) is -2.79. The molecule has 0 saturated heterocycles. The largest absolute Gasteiger partial charge is 0.316 e. The first-order valence-corrected chi connectivity index (χ1v) is 9.32. The monoisotopic (exact) mass is 275 g/mol. The SMILES string of the molecule is CCCNCC1CCCC1CCS(=O)(=O)CCC. The predicted molar refractivity (Wildman–Crippen MR) is 77.6 cm³/mol. The first-order chi connectivity index (χ1) is 8.59. The highest BCUT2D eigenvalue weighted by Gasteiger charge is 2.27. The van der Waals surface area contributed by atoms with Crippen molar-refractivity contribution in [3.8, 4) is 0 Å². The smallest absolute Gasteiger partial charge is 0.150 e. The summed E-state index contributed by atoms with van der Waals surface area (Å²) in [6.07, 6.45) is 6.56. The molecule has 1 aliphatic rings. The zero-order valence-corrected chi connectivity index (χ0v) is 12.8. The lowest BCUT2D eigenvalue weighted by molar-refractivity contribution is 0.358. The van der Waals surface area contributed by atoms with Gasteiger partial charge in [-0.25, -0.2) is 8.42 Å². The van der Waals surface area contributed by atoms with Gasteiger partial charge in [0.05, 0.1) is 5.75 Å². The number of sulfone groups is 1. The fourth-order valence-electron chi connectivity index (χ4n) is 2.97. The van der Waals surface area contributed by atoms with Crippen molar-refractivity contribution < 1.29 is 8.42 Å². The van der Waals surface area contributed by atoms with Crippen molar-refractivity contribution in [1.29, 1.82) is 0 Å². The molecule has 1 fully saturated rings. The third-order valence-electron chi connectivity index (χ3n) is 3.96. The molecule has 0 radical (unpaired) electrons. The summed E-state index contributed by atoms with van der Waals surface area (Å²) in [4.78, 5) is 0. The Morgan fingerprint density at radius 1 is 1.06 bits per heavy atom. The van der Waals surface area contributed by atoms with Gasteiger partial charge in [-0.15, -0.1) is 0 Å². The van der Waals surface area contributed by atoms with Crippen LogP contribution in [-0.4, -0.2) is 33.0 Å². The first-order valence-electron chi connectivity index (χ1n) is 7.50. The Balaban J connectivity index is 2.31. The van der Waals surface area contributed by atoms with Gasteiger partial charge < -0.3 is 5.32 Å². The van der Waals surface area contributed by atoms with Crippen LogP contribution in [0.2, 0.25) is 0 Å². The number of hydrogen-bond acceptors (Lipinski definition) is 3. The molecular weight excluding hydrogens is 246 g/mol. The van der Waals surface area contributed by atoms with E-state index in [1.54, 1.807) is 0 Å². The van der Waals surface area contributed by atoms with Crippen LogP contribution in [0.5, 0.6) is 0 Å². The Labute approximate surface area is 113 Å². The lowest BCUT2D eigenvalue weighted by Gasteiger charge is -2.20. The van der Waals surface area contributed by atoms with E-state index in [0.29, 0.717) is 23.3 Å². The zero-order valence-electron chi connectivity index (χ0n) is 12.0. The molecule has 0 heterocycles. The van der Waals surface area contributed by atoms with Gasteiger partial charge in [-0.05, 0) is 50.6 Å². The van der Waals surface area contributed by atoms with E-state index in [9.17, 15) is 8.42 Å². The van der Waals surface area contributed by atoms with E-state index in [2.05, 4.69) is 12.2 Å². The van der Waals surface area contributed by atoms with Gasteiger partial charge in [0, 0.05) is 5.75 Å². The van der Waals surface area contributed by atoms with Gasteiger partial charge >= 0.3 is 0 Å². The second kappa shape index (κ2) is 8.16. The van der Waals surface area contributed by atoms with Crippen molar-refractivity contribution in [2.24, 2.45) is 11.8 Å². The topological polar surface area (TPSA) is 46.2 Å². The number of nitrogens with one attached hydrogen (secondary N) is 1. The van der Waals surface area contributed by atoms with Crippen molar-refractivity contribution in [3.63, 3.8) is 0 Å². The van der Waals surface area contributed by atoms with Gasteiger partial charge in [0.2, 0.25) is 0 Å². The molecule has 0 spiro atoms. The lowest BCUT2D eigenvalue weighted by Crippen LogP contribution is -2.27. The average molecular weight is 275 g/mol. The maximum atomic E-state index is 11.7. The van der Waals surface area contributed by atoms with E-state index < -0.39 is 9.84 Å². The normalized spacial score (nSPS) is 24.6. The quantitative estimate of drug-likeness (QED) is 0.658. The Hall–Kier alpha value is -0.0900. The van der Waals surface area contributed by atoms with Crippen molar-refractivity contribution >= 4 is 9.84 Å². The first kappa shape index (κ1) is 16.0. The van der Waals surface area contributed by atoms with Crippen molar-refractivity contribution in [3.05, 3.63) is 0 Å². The van der Waals surface area contributed by atoms with Crippen LogP contribution in [0.25, 0.3) is 0 Å². The fourth-order valence-corrected chi connectivity index (χ4v) is 4.46. The highest BCUT2D eigenvalue weighted by molar-refractivity contribution is 7.91. The fraction of sp³-hybridized carbons (Fsp3) is 1.00. The van der Waals surface area contributed by atoms with Crippen LogP contribution in [-0.2, 0) is 9.84 Å². The number of rotatable bonds is 9. The van der Waals surface area contributed by atoms with Gasteiger partial charge in [-0.1, -0.05) is 26.7 Å². The molecular formula is C14H29NO2S. The Morgan fingerprint density at radius 3 is 2.44 bits per heavy atom. The summed E-state index contributed by atoms with van der Waals surface area (Å²) in [5.41, 5.74) is 0. The van der Waals surface area contributed by atoms with Crippen LogP contribution >= 0.6 is 0 Å². The lowest BCUT2D eigenvalue weighted by atomic mass is 9.93. The molecule has 2 atom stereocenters. The van der Waals surface area contributed by atoms with Crippen LogP contribution < -0.4 is 5.32 Å². The molecule has 0 aromatic rings. The molecule has 0 aromatic heterocycles. The van der Waals surface area contributed by atoms with E-state index in [4.69, 9.17) is 0 Å².